The van der Waals surface area contributed by atoms with Crippen molar-refractivity contribution in [1.29, 1.82) is 0 Å². The van der Waals surface area contributed by atoms with Gasteiger partial charge in [0.1, 0.15) is 12.4 Å². The van der Waals surface area contributed by atoms with Crippen molar-refractivity contribution in [2.45, 2.75) is 39.2 Å². The number of carboxylic acid groups (broad SMARTS) is 2. The molecule has 1 saturated heterocycles. The van der Waals surface area contributed by atoms with Crippen molar-refractivity contribution in [1.82, 2.24) is 9.47 Å². The zero-order valence-corrected chi connectivity index (χ0v) is 19.7. The molecule has 1 aromatic heterocycles. The number of aliphatic carboxylic acids is 2. The molecular weight excluding hydrogens is 450 g/mol. The minimum absolute atomic E-state index is 0.258. The Kier molecular flexibility index (Phi) is 7.33. The van der Waals surface area contributed by atoms with E-state index in [1.807, 2.05) is 4.90 Å². The number of amides is 1. The third-order valence-electron chi connectivity index (χ3n) is 6.38. The molecule has 3 heterocycles. The van der Waals surface area contributed by atoms with Crippen molar-refractivity contribution >= 4 is 23.6 Å². The molecule has 5 rings (SSSR count). The van der Waals surface area contributed by atoms with E-state index in [0.29, 0.717) is 31.7 Å². The highest BCUT2D eigenvalue weighted by molar-refractivity contribution is 5.99. The molecule has 184 valence electrons. The van der Waals surface area contributed by atoms with Gasteiger partial charge in [0.25, 0.3) is 0 Å². The van der Waals surface area contributed by atoms with Crippen LogP contribution in [-0.2, 0) is 33.8 Å². The molecule has 0 radical (unpaired) electrons. The number of hydrogen-bond acceptors (Lipinski definition) is 5. The van der Waals surface area contributed by atoms with E-state index in [1.54, 1.807) is 0 Å². The third kappa shape index (κ3) is 5.62. The quantitative estimate of drug-likeness (QED) is 0.615. The third-order valence-corrected chi connectivity index (χ3v) is 6.38. The Morgan fingerprint density at radius 3 is 2.49 bits per heavy atom. The SMILES string of the molecule is CC1=NCCn2c1cc1c2-c2ccc(OCCN3CCCC3=O)cc2CC1.O=C(O)/C=C/C(=O)O. The normalized spacial score (nSPS) is 16.1. The van der Waals surface area contributed by atoms with E-state index < -0.39 is 11.9 Å². The van der Waals surface area contributed by atoms with Crippen LogP contribution >= 0.6 is 0 Å². The summed E-state index contributed by atoms with van der Waals surface area (Å²) in [4.78, 5) is 37.3. The number of aryl methyl sites for hydroxylation is 2. The minimum atomic E-state index is -1.26. The van der Waals surface area contributed by atoms with Crippen molar-refractivity contribution in [3.05, 3.63) is 53.2 Å². The van der Waals surface area contributed by atoms with Crippen LogP contribution in [0.15, 0.2) is 41.4 Å². The molecule has 0 spiro atoms. The molecule has 0 atom stereocenters. The summed E-state index contributed by atoms with van der Waals surface area (Å²) in [6, 6.07) is 8.79. The van der Waals surface area contributed by atoms with E-state index in [4.69, 9.17) is 14.9 Å². The predicted molar refractivity (Wildman–Crippen MR) is 130 cm³/mol. The smallest absolute Gasteiger partial charge is 0.328 e. The first-order chi connectivity index (χ1) is 16.8. The molecule has 0 bridgehead atoms. The molecule has 2 aromatic rings. The molecule has 1 amide bonds. The molecule has 1 aliphatic carbocycles. The Morgan fingerprint density at radius 1 is 1.06 bits per heavy atom. The zero-order valence-electron chi connectivity index (χ0n) is 19.7. The number of benzene rings is 1. The van der Waals surface area contributed by atoms with Crippen molar-refractivity contribution in [2.75, 3.05) is 26.2 Å². The van der Waals surface area contributed by atoms with Crippen LogP contribution in [-0.4, -0.2) is 69.5 Å². The van der Waals surface area contributed by atoms with E-state index in [1.165, 1.54) is 28.1 Å². The molecule has 1 fully saturated rings. The lowest BCUT2D eigenvalue weighted by molar-refractivity contribution is -0.134. The highest BCUT2D eigenvalue weighted by atomic mass is 16.5. The number of aliphatic imine (C=N–C) groups is 1. The Balaban J connectivity index is 0.000000314. The standard InChI is InChI=1S/C22H25N3O2.C4H4O4/c1-15-20-14-17-5-4-16-13-18(27-12-11-24-9-2-3-21(24)26)6-7-19(16)22(17)25(20)10-8-23-15;5-3(6)1-2-4(7)8/h6-7,13-14H,2-5,8-12H2,1H3;1-2H,(H,5,6)(H,7,8)/b;2-1+. The average Bonchev–Trinajstić information content (AvgIpc) is 3.42. The van der Waals surface area contributed by atoms with Crippen molar-refractivity contribution in [3.63, 3.8) is 0 Å². The van der Waals surface area contributed by atoms with Gasteiger partial charge in [0, 0.05) is 37.2 Å². The number of carboxylic acids is 2. The summed E-state index contributed by atoms with van der Waals surface area (Å²) in [6.45, 7) is 6.06. The molecule has 0 saturated carbocycles. The molecule has 0 unspecified atom stereocenters. The maximum absolute atomic E-state index is 11.7. The van der Waals surface area contributed by atoms with Gasteiger partial charge in [-0.15, -0.1) is 0 Å². The largest absolute Gasteiger partial charge is 0.492 e. The maximum atomic E-state index is 11.7. The maximum Gasteiger partial charge on any atom is 0.328 e. The summed E-state index contributed by atoms with van der Waals surface area (Å²) < 4.78 is 8.40. The van der Waals surface area contributed by atoms with E-state index in [2.05, 4.69) is 40.7 Å². The van der Waals surface area contributed by atoms with Crippen LogP contribution in [0.25, 0.3) is 11.3 Å². The van der Waals surface area contributed by atoms with Gasteiger partial charge >= 0.3 is 11.9 Å². The van der Waals surface area contributed by atoms with Gasteiger partial charge in [-0.2, -0.15) is 0 Å². The second-order valence-electron chi connectivity index (χ2n) is 8.68. The predicted octanol–water partition coefficient (Wildman–Crippen LogP) is 2.79. The van der Waals surface area contributed by atoms with Gasteiger partial charge in [-0.05, 0) is 61.6 Å². The number of hydrogen-bond donors (Lipinski definition) is 2. The summed E-state index contributed by atoms with van der Waals surface area (Å²) >= 11 is 0. The fourth-order valence-electron chi connectivity index (χ4n) is 4.77. The average molecular weight is 480 g/mol. The van der Waals surface area contributed by atoms with Crippen LogP contribution in [0.1, 0.15) is 36.6 Å². The summed E-state index contributed by atoms with van der Waals surface area (Å²) in [5.41, 5.74) is 7.92. The number of rotatable bonds is 6. The van der Waals surface area contributed by atoms with Crippen molar-refractivity contribution < 1.29 is 29.3 Å². The number of fused-ring (bicyclic) bond motifs is 5. The fourth-order valence-corrected chi connectivity index (χ4v) is 4.77. The number of carbonyl (C=O) groups is 3. The molecular formula is C26H29N3O6. The second-order valence-corrected chi connectivity index (χ2v) is 8.68. The van der Waals surface area contributed by atoms with Gasteiger partial charge in [0.05, 0.1) is 30.2 Å². The first-order valence-electron chi connectivity index (χ1n) is 11.7. The van der Waals surface area contributed by atoms with Crippen LogP contribution in [0.2, 0.25) is 0 Å². The van der Waals surface area contributed by atoms with E-state index in [9.17, 15) is 14.4 Å². The van der Waals surface area contributed by atoms with Gasteiger partial charge in [-0.3, -0.25) is 9.79 Å². The topological polar surface area (TPSA) is 121 Å². The Morgan fingerprint density at radius 2 is 1.80 bits per heavy atom. The Bertz CT molecular complexity index is 1190. The van der Waals surface area contributed by atoms with Gasteiger partial charge < -0.3 is 24.4 Å². The van der Waals surface area contributed by atoms with Crippen LogP contribution in [0.3, 0.4) is 0 Å². The second kappa shape index (κ2) is 10.6. The van der Waals surface area contributed by atoms with Crippen LogP contribution < -0.4 is 4.74 Å². The Labute approximate surface area is 203 Å². The first kappa shape index (κ1) is 24.3. The summed E-state index contributed by atoms with van der Waals surface area (Å²) in [5, 5.41) is 15.6. The van der Waals surface area contributed by atoms with Crippen LogP contribution in [0, 0.1) is 0 Å². The molecule has 3 aliphatic rings. The highest BCUT2D eigenvalue weighted by Gasteiger charge is 2.25. The van der Waals surface area contributed by atoms with Gasteiger partial charge in [0.2, 0.25) is 5.91 Å². The summed E-state index contributed by atoms with van der Waals surface area (Å²) in [7, 11) is 0. The molecule has 9 nitrogen and oxygen atoms in total. The van der Waals surface area contributed by atoms with Crippen LogP contribution in [0.5, 0.6) is 5.75 Å². The van der Waals surface area contributed by atoms with E-state index >= 15 is 0 Å². The number of nitrogens with zero attached hydrogens (tertiary/aromatic N) is 3. The molecule has 2 N–H and O–H groups in total. The number of aromatic nitrogens is 1. The number of carbonyl (C=O) groups excluding carboxylic acids is 1. The van der Waals surface area contributed by atoms with Gasteiger partial charge in [0.15, 0.2) is 0 Å². The van der Waals surface area contributed by atoms with E-state index in [0.717, 1.165) is 50.4 Å². The van der Waals surface area contributed by atoms with E-state index in [-0.39, 0.29) is 5.91 Å². The number of likely N-dealkylation sites (tertiary alicyclic amines) is 1. The molecule has 9 heteroatoms. The summed E-state index contributed by atoms with van der Waals surface area (Å²) in [6.07, 6.45) is 4.90. The summed E-state index contributed by atoms with van der Waals surface area (Å²) in [5.74, 6) is -1.35. The monoisotopic (exact) mass is 479 g/mol. The first-order valence-corrected chi connectivity index (χ1v) is 11.7. The Hall–Kier alpha value is -3.88. The lowest BCUT2D eigenvalue weighted by Gasteiger charge is -2.23. The highest BCUT2D eigenvalue weighted by Crippen LogP contribution is 2.38. The van der Waals surface area contributed by atoms with Gasteiger partial charge in [-0.1, -0.05) is 0 Å². The zero-order chi connectivity index (χ0) is 24.9. The van der Waals surface area contributed by atoms with Gasteiger partial charge in [-0.25, -0.2) is 9.59 Å². The van der Waals surface area contributed by atoms with Crippen molar-refractivity contribution in [2.24, 2.45) is 4.99 Å². The molecule has 35 heavy (non-hydrogen) atoms. The molecule has 2 aliphatic heterocycles. The lowest BCUT2D eigenvalue weighted by Crippen LogP contribution is -2.29. The van der Waals surface area contributed by atoms with Crippen molar-refractivity contribution in [3.8, 4) is 17.0 Å². The lowest BCUT2D eigenvalue weighted by atomic mass is 9.90. The molecule has 1 aromatic carbocycles. The van der Waals surface area contributed by atoms with Crippen LogP contribution in [0.4, 0.5) is 0 Å². The fraction of sp³-hybridized carbons (Fsp3) is 0.385. The minimum Gasteiger partial charge on any atom is -0.492 e. The number of ether oxygens (including phenoxy) is 1.